The molecule has 17 heavy (non-hydrogen) atoms. The summed E-state index contributed by atoms with van der Waals surface area (Å²) in [4.78, 5) is 0. The van der Waals surface area contributed by atoms with Crippen LogP contribution in [0.15, 0.2) is 0 Å². The van der Waals surface area contributed by atoms with Gasteiger partial charge in [-0.25, -0.2) is 0 Å². The van der Waals surface area contributed by atoms with Crippen LogP contribution in [0.25, 0.3) is 0 Å². The number of nitrogens with one attached hydrogen (secondary N) is 1. The first kappa shape index (κ1) is 14.7. The van der Waals surface area contributed by atoms with Gasteiger partial charge in [-0.1, -0.05) is 0 Å². The van der Waals surface area contributed by atoms with Crippen molar-refractivity contribution in [2.45, 2.75) is 31.0 Å². The number of hydrogen-bond donors (Lipinski definition) is 2. The van der Waals surface area contributed by atoms with Crippen molar-refractivity contribution in [2.24, 2.45) is 0 Å². The summed E-state index contributed by atoms with van der Waals surface area (Å²) in [6, 6.07) is 0. The largest absolute Gasteiger partial charge is 0.407 e. The third kappa shape index (κ3) is 3.30. The van der Waals surface area contributed by atoms with Crippen LogP contribution in [0, 0.1) is 0 Å². The molecule has 0 heterocycles. The van der Waals surface area contributed by atoms with Crippen LogP contribution in [-0.2, 0) is 10.2 Å². The van der Waals surface area contributed by atoms with Crippen molar-refractivity contribution in [3.05, 3.63) is 0 Å². The Hall–Kier alpha value is -0.380. The van der Waals surface area contributed by atoms with Crippen LogP contribution in [0.5, 0.6) is 0 Å². The van der Waals surface area contributed by atoms with E-state index in [-0.39, 0.29) is 32.4 Å². The topological polar surface area (TPSA) is 69.6 Å². The number of halogens is 3. The molecule has 5 nitrogen and oxygen atoms in total. The summed E-state index contributed by atoms with van der Waals surface area (Å²) in [5.74, 6) is 0. The van der Waals surface area contributed by atoms with Crippen LogP contribution >= 0.6 is 0 Å². The second-order valence-electron chi connectivity index (χ2n) is 4.09. The number of rotatable bonds is 6. The Labute approximate surface area is 97.8 Å². The van der Waals surface area contributed by atoms with Gasteiger partial charge >= 0.3 is 6.18 Å². The Morgan fingerprint density at radius 1 is 1.41 bits per heavy atom. The summed E-state index contributed by atoms with van der Waals surface area (Å²) < 4.78 is 63.3. The zero-order valence-electron chi connectivity index (χ0n) is 9.29. The van der Waals surface area contributed by atoms with E-state index >= 15 is 0 Å². The highest BCUT2D eigenvalue weighted by atomic mass is 32.2. The molecular formula is C8H15F3N2O3S. The van der Waals surface area contributed by atoms with Gasteiger partial charge in [0, 0.05) is 20.2 Å². The second kappa shape index (κ2) is 4.71. The summed E-state index contributed by atoms with van der Waals surface area (Å²) in [6.45, 7) is -0.246. The van der Waals surface area contributed by atoms with Gasteiger partial charge in [-0.05, 0) is 19.3 Å². The summed E-state index contributed by atoms with van der Waals surface area (Å²) in [7, 11) is -2.99. The maximum Gasteiger partial charge on any atom is 0.407 e. The fraction of sp³-hybridized carbons (Fsp3) is 1.00. The molecular weight excluding hydrogens is 261 g/mol. The van der Waals surface area contributed by atoms with Crippen LogP contribution in [0.1, 0.15) is 19.3 Å². The molecule has 0 aliphatic heterocycles. The van der Waals surface area contributed by atoms with E-state index in [0.717, 1.165) is 4.31 Å². The molecule has 1 aliphatic carbocycles. The van der Waals surface area contributed by atoms with Crippen molar-refractivity contribution >= 4 is 10.2 Å². The molecule has 1 saturated carbocycles. The molecule has 9 heteroatoms. The maximum atomic E-state index is 12.6. The first-order chi connectivity index (χ1) is 7.65. The quantitative estimate of drug-likeness (QED) is 0.729. The van der Waals surface area contributed by atoms with Crippen LogP contribution in [0.3, 0.4) is 0 Å². The van der Waals surface area contributed by atoms with Gasteiger partial charge < -0.3 is 5.11 Å². The molecule has 0 spiro atoms. The number of nitrogens with zero attached hydrogens (tertiary/aromatic N) is 1. The van der Waals surface area contributed by atoms with Gasteiger partial charge in [-0.2, -0.15) is 30.6 Å². The van der Waals surface area contributed by atoms with Crippen LogP contribution in [-0.4, -0.2) is 49.7 Å². The van der Waals surface area contributed by atoms with Gasteiger partial charge in [0.25, 0.3) is 10.2 Å². The van der Waals surface area contributed by atoms with E-state index in [9.17, 15) is 21.6 Å². The third-order valence-corrected chi connectivity index (χ3v) is 4.31. The van der Waals surface area contributed by atoms with Gasteiger partial charge in [0.05, 0.1) is 0 Å². The molecule has 2 N–H and O–H groups in total. The molecule has 0 saturated heterocycles. The van der Waals surface area contributed by atoms with Crippen molar-refractivity contribution < 1.29 is 26.7 Å². The van der Waals surface area contributed by atoms with Gasteiger partial charge in [0.2, 0.25) is 0 Å². The first-order valence-corrected chi connectivity index (χ1v) is 6.51. The van der Waals surface area contributed by atoms with Crippen molar-refractivity contribution in [3.63, 3.8) is 0 Å². The molecule has 0 atom stereocenters. The highest BCUT2D eigenvalue weighted by Gasteiger charge is 2.65. The van der Waals surface area contributed by atoms with Gasteiger partial charge in [0.15, 0.2) is 0 Å². The maximum absolute atomic E-state index is 12.6. The lowest BCUT2D eigenvalue weighted by molar-refractivity contribution is -0.161. The summed E-state index contributed by atoms with van der Waals surface area (Å²) in [6.07, 6.45) is -4.86. The van der Waals surface area contributed by atoms with E-state index in [1.807, 2.05) is 0 Å². The molecule has 0 amide bonds. The van der Waals surface area contributed by atoms with Crippen molar-refractivity contribution in [3.8, 4) is 0 Å². The lowest BCUT2D eigenvalue weighted by Gasteiger charge is -2.24. The molecule has 102 valence electrons. The lowest BCUT2D eigenvalue weighted by atomic mass is 10.3. The molecule has 0 aromatic carbocycles. The van der Waals surface area contributed by atoms with E-state index in [2.05, 4.69) is 0 Å². The van der Waals surface area contributed by atoms with E-state index < -0.39 is 21.9 Å². The minimum Gasteiger partial charge on any atom is -0.396 e. The van der Waals surface area contributed by atoms with Crippen molar-refractivity contribution in [2.75, 3.05) is 20.2 Å². The van der Waals surface area contributed by atoms with Gasteiger partial charge in [0.1, 0.15) is 5.54 Å². The Morgan fingerprint density at radius 2 is 1.94 bits per heavy atom. The molecule has 0 unspecified atom stereocenters. The smallest absolute Gasteiger partial charge is 0.396 e. The molecule has 0 aromatic rings. The molecule has 1 fully saturated rings. The number of aliphatic hydroxyl groups is 1. The van der Waals surface area contributed by atoms with Gasteiger partial charge in [-0.15, -0.1) is 0 Å². The normalized spacial score (nSPS) is 19.6. The molecule has 0 bridgehead atoms. The standard InChI is InChI=1S/C8H15F3N2O3S/c1-13(5-2-6-14)17(15,16)12-7(3-4-7)8(9,10)11/h12,14H,2-6H2,1H3. The molecule has 0 aromatic heterocycles. The van der Waals surface area contributed by atoms with E-state index in [1.54, 1.807) is 4.72 Å². The number of hydrogen-bond acceptors (Lipinski definition) is 3. The van der Waals surface area contributed by atoms with Crippen LogP contribution in [0.4, 0.5) is 13.2 Å². The number of aliphatic hydroxyl groups excluding tert-OH is 1. The Kier molecular flexibility index (Phi) is 4.07. The zero-order chi connectivity index (χ0) is 13.3. The van der Waals surface area contributed by atoms with E-state index in [4.69, 9.17) is 5.11 Å². The fourth-order valence-electron chi connectivity index (χ4n) is 1.31. The Bertz CT molecular complexity index is 365. The fourth-order valence-corrected chi connectivity index (χ4v) is 2.65. The lowest BCUT2D eigenvalue weighted by Crippen LogP contribution is -2.52. The monoisotopic (exact) mass is 276 g/mol. The highest BCUT2D eigenvalue weighted by Crippen LogP contribution is 2.49. The predicted molar refractivity (Wildman–Crippen MR) is 54.4 cm³/mol. The SMILES string of the molecule is CN(CCCO)S(=O)(=O)NC1(C(F)(F)F)CC1. The van der Waals surface area contributed by atoms with Crippen molar-refractivity contribution in [1.82, 2.24) is 9.03 Å². The zero-order valence-corrected chi connectivity index (χ0v) is 10.1. The van der Waals surface area contributed by atoms with Crippen molar-refractivity contribution in [1.29, 1.82) is 0 Å². The molecule has 1 rings (SSSR count). The molecule has 0 radical (unpaired) electrons. The third-order valence-electron chi connectivity index (χ3n) is 2.66. The van der Waals surface area contributed by atoms with Crippen LogP contribution in [0.2, 0.25) is 0 Å². The Balaban J connectivity index is 2.68. The average molecular weight is 276 g/mol. The average Bonchev–Trinajstić information content (AvgIpc) is 2.93. The first-order valence-electron chi connectivity index (χ1n) is 5.07. The van der Waals surface area contributed by atoms with Gasteiger partial charge in [-0.3, -0.25) is 0 Å². The molecule has 1 aliphatic rings. The minimum atomic E-state index is -4.57. The summed E-state index contributed by atoms with van der Waals surface area (Å²) in [5, 5.41) is 8.53. The van der Waals surface area contributed by atoms with E-state index in [1.165, 1.54) is 7.05 Å². The predicted octanol–water partition coefficient (Wildman–Crippen LogP) is 0.230. The minimum absolute atomic E-state index is 0.0280. The second-order valence-corrected chi connectivity index (χ2v) is 5.86. The van der Waals surface area contributed by atoms with E-state index in [0.29, 0.717) is 0 Å². The highest BCUT2D eigenvalue weighted by molar-refractivity contribution is 7.87. The summed E-state index contributed by atoms with van der Waals surface area (Å²) in [5.41, 5.74) is -2.29. The summed E-state index contributed by atoms with van der Waals surface area (Å²) >= 11 is 0. The number of alkyl halides is 3. The Morgan fingerprint density at radius 3 is 2.29 bits per heavy atom. The van der Waals surface area contributed by atoms with Crippen LogP contribution < -0.4 is 4.72 Å².